The zero-order chi connectivity index (χ0) is 21.8. The topological polar surface area (TPSA) is 83.8 Å². The molecule has 9 heteroatoms. The molecule has 5 rings (SSSR count). The lowest BCUT2D eigenvalue weighted by Crippen LogP contribution is -2.37. The van der Waals surface area contributed by atoms with Crippen LogP contribution in [0.15, 0.2) is 42.6 Å². The maximum atomic E-state index is 5.94. The van der Waals surface area contributed by atoms with Crippen molar-refractivity contribution in [3.05, 3.63) is 42.6 Å². The van der Waals surface area contributed by atoms with Gasteiger partial charge in [0.05, 0.1) is 32.1 Å². The molecular weight excluding hydrogens is 410 g/mol. The molecule has 0 amide bonds. The van der Waals surface area contributed by atoms with Crippen molar-refractivity contribution in [2.24, 2.45) is 0 Å². The van der Waals surface area contributed by atoms with E-state index < -0.39 is 0 Å². The molecule has 2 aliphatic rings. The fraction of sp³-hybridized carbons (Fsp3) is 0.435. The van der Waals surface area contributed by atoms with Crippen LogP contribution in [0.2, 0.25) is 0 Å². The predicted molar refractivity (Wildman–Crippen MR) is 119 cm³/mol. The molecule has 2 fully saturated rings. The normalized spacial score (nSPS) is 18.7. The standard InChI is InChI=1S/C23H27N5O4/c1-29-18-5-2-4-17(14-18)20-7-8-28(26-20)22-15-21(27-9-12-30-13-10-27)24-23(25-22)32-16-19-6-3-11-31-19/h2,4-5,7-8,14-15,19H,3,6,9-13,16H2,1H3. The van der Waals surface area contributed by atoms with Crippen LogP contribution < -0.4 is 14.4 Å². The third kappa shape index (κ3) is 4.68. The summed E-state index contributed by atoms with van der Waals surface area (Å²) in [5, 5.41) is 4.74. The zero-order valence-corrected chi connectivity index (χ0v) is 18.1. The van der Waals surface area contributed by atoms with E-state index in [2.05, 4.69) is 14.9 Å². The number of rotatable bonds is 7. The van der Waals surface area contributed by atoms with E-state index in [9.17, 15) is 0 Å². The molecular formula is C23H27N5O4. The van der Waals surface area contributed by atoms with E-state index in [-0.39, 0.29) is 6.10 Å². The second kappa shape index (κ2) is 9.54. The molecule has 3 aromatic rings. The molecule has 1 aromatic carbocycles. The van der Waals surface area contributed by atoms with Gasteiger partial charge < -0.3 is 23.8 Å². The zero-order valence-electron chi connectivity index (χ0n) is 18.1. The minimum absolute atomic E-state index is 0.0958. The van der Waals surface area contributed by atoms with Crippen molar-refractivity contribution in [1.82, 2.24) is 19.7 Å². The second-order valence-corrected chi connectivity index (χ2v) is 7.79. The summed E-state index contributed by atoms with van der Waals surface area (Å²) in [6.45, 7) is 4.13. The van der Waals surface area contributed by atoms with Crippen LogP contribution in [0.3, 0.4) is 0 Å². The highest BCUT2D eigenvalue weighted by atomic mass is 16.5. The largest absolute Gasteiger partial charge is 0.497 e. The minimum Gasteiger partial charge on any atom is -0.497 e. The van der Waals surface area contributed by atoms with E-state index in [1.54, 1.807) is 11.8 Å². The minimum atomic E-state index is 0.0958. The Morgan fingerprint density at radius 2 is 1.94 bits per heavy atom. The highest BCUT2D eigenvalue weighted by Crippen LogP contribution is 2.25. The van der Waals surface area contributed by atoms with Crippen molar-refractivity contribution in [2.75, 3.05) is 51.5 Å². The van der Waals surface area contributed by atoms with Gasteiger partial charge in [0.2, 0.25) is 0 Å². The summed E-state index contributed by atoms with van der Waals surface area (Å²) in [5.41, 5.74) is 1.80. The molecule has 9 nitrogen and oxygen atoms in total. The van der Waals surface area contributed by atoms with Crippen LogP contribution in [-0.2, 0) is 9.47 Å². The van der Waals surface area contributed by atoms with Gasteiger partial charge >= 0.3 is 6.01 Å². The number of anilines is 1. The highest BCUT2D eigenvalue weighted by Gasteiger charge is 2.20. The fourth-order valence-corrected chi connectivity index (χ4v) is 3.87. The molecule has 1 unspecified atom stereocenters. The molecule has 0 spiro atoms. The summed E-state index contributed by atoms with van der Waals surface area (Å²) in [6, 6.07) is 12.1. The third-order valence-electron chi connectivity index (χ3n) is 5.63. The summed E-state index contributed by atoms with van der Waals surface area (Å²) in [5.74, 6) is 2.25. The monoisotopic (exact) mass is 437 g/mol. The molecule has 0 radical (unpaired) electrons. The SMILES string of the molecule is COc1cccc(-c2ccn(-c3cc(N4CCOCC4)nc(OCC4CCCO4)n3)n2)c1. The van der Waals surface area contributed by atoms with Gasteiger partial charge in [-0.1, -0.05) is 12.1 Å². The number of nitrogens with zero attached hydrogens (tertiary/aromatic N) is 5. The Bertz CT molecular complexity index is 1040. The Kier molecular flexibility index (Phi) is 6.17. The molecule has 4 heterocycles. The average Bonchev–Trinajstić information content (AvgIpc) is 3.56. The van der Waals surface area contributed by atoms with Crippen LogP contribution in [0.1, 0.15) is 12.8 Å². The van der Waals surface area contributed by atoms with Gasteiger partial charge in [-0.2, -0.15) is 15.1 Å². The van der Waals surface area contributed by atoms with Crippen LogP contribution in [0.25, 0.3) is 17.1 Å². The van der Waals surface area contributed by atoms with E-state index in [1.165, 1.54) is 0 Å². The molecule has 2 aliphatic heterocycles. The predicted octanol–water partition coefficient (Wildman–Crippen LogP) is 2.73. The summed E-state index contributed by atoms with van der Waals surface area (Å²) in [7, 11) is 1.66. The lowest BCUT2D eigenvalue weighted by Gasteiger charge is -2.28. The fourth-order valence-electron chi connectivity index (χ4n) is 3.87. The summed E-state index contributed by atoms with van der Waals surface area (Å²) in [4.78, 5) is 11.5. The number of hydrogen-bond acceptors (Lipinski definition) is 8. The van der Waals surface area contributed by atoms with Gasteiger partial charge in [0, 0.05) is 37.5 Å². The third-order valence-corrected chi connectivity index (χ3v) is 5.63. The molecule has 0 saturated carbocycles. The van der Waals surface area contributed by atoms with Gasteiger partial charge in [0.25, 0.3) is 0 Å². The van der Waals surface area contributed by atoms with Crippen LogP contribution in [0, 0.1) is 0 Å². The lowest BCUT2D eigenvalue weighted by atomic mass is 10.1. The van der Waals surface area contributed by atoms with Gasteiger partial charge in [-0.05, 0) is 31.0 Å². The van der Waals surface area contributed by atoms with Crippen molar-refractivity contribution >= 4 is 5.82 Å². The number of benzene rings is 1. The summed E-state index contributed by atoms with van der Waals surface area (Å²) in [6.07, 6.45) is 4.05. The van der Waals surface area contributed by atoms with E-state index in [1.807, 2.05) is 42.6 Å². The maximum Gasteiger partial charge on any atom is 0.320 e. The van der Waals surface area contributed by atoms with Crippen LogP contribution >= 0.6 is 0 Å². The van der Waals surface area contributed by atoms with Crippen molar-refractivity contribution in [1.29, 1.82) is 0 Å². The first kappa shape index (κ1) is 20.7. The molecule has 0 aliphatic carbocycles. The average molecular weight is 438 g/mol. The van der Waals surface area contributed by atoms with Gasteiger partial charge in [-0.3, -0.25) is 0 Å². The first-order valence-electron chi connectivity index (χ1n) is 11.0. The summed E-state index contributed by atoms with van der Waals surface area (Å²) < 4.78 is 24.2. The van der Waals surface area contributed by atoms with Gasteiger partial charge in [0.1, 0.15) is 18.2 Å². The van der Waals surface area contributed by atoms with Crippen molar-refractivity contribution in [2.45, 2.75) is 18.9 Å². The van der Waals surface area contributed by atoms with E-state index in [4.69, 9.17) is 24.0 Å². The first-order chi connectivity index (χ1) is 15.8. The van der Waals surface area contributed by atoms with Gasteiger partial charge in [-0.15, -0.1) is 0 Å². The van der Waals surface area contributed by atoms with E-state index >= 15 is 0 Å². The quantitative estimate of drug-likeness (QED) is 0.558. The van der Waals surface area contributed by atoms with Gasteiger partial charge in [0.15, 0.2) is 5.82 Å². The first-order valence-corrected chi connectivity index (χ1v) is 11.0. The van der Waals surface area contributed by atoms with Crippen LogP contribution in [-0.4, -0.2) is 72.5 Å². The highest BCUT2D eigenvalue weighted by molar-refractivity contribution is 5.61. The van der Waals surface area contributed by atoms with E-state index in [0.717, 1.165) is 55.4 Å². The number of methoxy groups -OCH3 is 1. The van der Waals surface area contributed by atoms with Crippen LogP contribution in [0.5, 0.6) is 11.8 Å². The Morgan fingerprint density at radius 1 is 1.06 bits per heavy atom. The number of morpholine rings is 1. The van der Waals surface area contributed by atoms with Crippen molar-refractivity contribution in [3.8, 4) is 28.8 Å². The molecule has 2 aromatic heterocycles. The lowest BCUT2D eigenvalue weighted by molar-refractivity contribution is 0.0645. The Hall–Kier alpha value is -3.17. The Labute approximate surface area is 186 Å². The Morgan fingerprint density at radius 3 is 2.75 bits per heavy atom. The molecule has 2 saturated heterocycles. The van der Waals surface area contributed by atoms with Crippen LogP contribution in [0.4, 0.5) is 5.82 Å². The molecule has 0 N–H and O–H groups in total. The molecule has 1 atom stereocenters. The summed E-state index contributed by atoms with van der Waals surface area (Å²) >= 11 is 0. The number of aromatic nitrogens is 4. The molecule has 168 valence electrons. The van der Waals surface area contributed by atoms with Crippen molar-refractivity contribution < 1.29 is 18.9 Å². The number of ether oxygens (including phenoxy) is 4. The number of hydrogen-bond donors (Lipinski definition) is 0. The molecule has 32 heavy (non-hydrogen) atoms. The maximum absolute atomic E-state index is 5.94. The van der Waals surface area contributed by atoms with E-state index in [0.29, 0.717) is 31.6 Å². The Balaban J connectivity index is 1.43. The van der Waals surface area contributed by atoms with Gasteiger partial charge in [-0.25, -0.2) is 4.68 Å². The smallest absolute Gasteiger partial charge is 0.320 e. The second-order valence-electron chi connectivity index (χ2n) is 7.79. The molecule has 0 bridgehead atoms. The van der Waals surface area contributed by atoms with Crippen molar-refractivity contribution in [3.63, 3.8) is 0 Å².